The minimum Gasteiger partial charge on any atom is -0.395 e. The van der Waals surface area contributed by atoms with Gasteiger partial charge in [-0.3, -0.25) is 4.79 Å². The van der Waals surface area contributed by atoms with Crippen LogP contribution in [0.2, 0.25) is 0 Å². The fourth-order valence-electron chi connectivity index (χ4n) is 2.22. The molecular weight excluding hydrogens is 234 g/mol. The van der Waals surface area contributed by atoms with Gasteiger partial charge in [0.15, 0.2) is 0 Å². The van der Waals surface area contributed by atoms with Crippen molar-refractivity contribution in [1.29, 1.82) is 0 Å². The smallest absolute Gasteiger partial charge is 0.237 e. The summed E-state index contributed by atoms with van der Waals surface area (Å²) in [6.07, 6.45) is 2.13. The number of amides is 1. The predicted molar refractivity (Wildman–Crippen MR) is 68.4 cm³/mol. The van der Waals surface area contributed by atoms with Crippen LogP contribution in [0.4, 0.5) is 5.69 Å². The van der Waals surface area contributed by atoms with E-state index in [9.17, 15) is 9.90 Å². The van der Waals surface area contributed by atoms with Crippen molar-refractivity contribution in [3.63, 3.8) is 0 Å². The third-order valence-corrected chi connectivity index (χ3v) is 4.84. The average molecular weight is 249 g/mol. The molecule has 1 saturated carbocycles. The van der Waals surface area contributed by atoms with Crippen molar-refractivity contribution in [1.82, 2.24) is 0 Å². The van der Waals surface area contributed by atoms with Gasteiger partial charge in [-0.1, -0.05) is 6.07 Å². The Morgan fingerprint density at radius 1 is 1.53 bits per heavy atom. The monoisotopic (exact) mass is 249 g/mol. The van der Waals surface area contributed by atoms with E-state index in [2.05, 4.69) is 11.4 Å². The Morgan fingerprint density at radius 3 is 2.94 bits per heavy atom. The molecule has 0 aromatic heterocycles. The number of nitrogens with one attached hydrogen (secondary N) is 1. The van der Waals surface area contributed by atoms with Crippen LogP contribution in [0.1, 0.15) is 25.3 Å². The lowest BCUT2D eigenvalue weighted by Gasteiger charge is -2.23. The van der Waals surface area contributed by atoms with Gasteiger partial charge in [0.1, 0.15) is 0 Å². The van der Waals surface area contributed by atoms with E-state index in [1.807, 2.05) is 19.1 Å². The molecule has 0 bridgehead atoms. The summed E-state index contributed by atoms with van der Waals surface area (Å²) in [6.45, 7) is 2.13. The molecule has 90 valence electrons. The van der Waals surface area contributed by atoms with E-state index in [0.717, 1.165) is 23.4 Å². The summed E-state index contributed by atoms with van der Waals surface area (Å²) < 4.78 is 0. The molecular formula is C13H15NO2S. The Balaban J connectivity index is 1.97. The minimum absolute atomic E-state index is 0.000282. The van der Waals surface area contributed by atoms with E-state index in [4.69, 9.17) is 0 Å². The Labute approximate surface area is 105 Å². The maximum absolute atomic E-state index is 11.5. The third kappa shape index (κ3) is 1.76. The Kier molecular flexibility index (Phi) is 2.45. The molecule has 1 amide bonds. The van der Waals surface area contributed by atoms with Crippen LogP contribution < -0.4 is 5.32 Å². The zero-order valence-corrected chi connectivity index (χ0v) is 10.5. The molecule has 2 N–H and O–H groups in total. The van der Waals surface area contributed by atoms with Gasteiger partial charge in [-0.05, 0) is 37.5 Å². The first-order chi connectivity index (χ1) is 8.14. The van der Waals surface area contributed by atoms with Gasteiger partial charge >= 0.3 is 0 Å². The van der Waals surface area contributed by atoms with Crippen LogP contribution in [-0.4, -0.2) is 22.9 Å². The molecule has 3 nitrogen and oxygen atoms in total. The molecule has 1 aliphatic carbocycles. The van der Waals surface area contributed by atoms with E-state index in [0.29, 0.717) is 0 Å². The van der Waals surface area contributed by atoms with Gasteiger partial charge in [-0.25, -0.2) is 0 Å². The number of thioether (sulfide) groups is 1. The van der Waals surface area contributed by atoms with Crippen molar-refractivity contribution in [3.8, 4) is 0 Å². The van der Waals surface area contributed by atoms with E-state index in [-0.39, 0.29) is 23.2 Å². The molecule has 1 aromatic carbocycles. The lowest BCUT2D eigenvalue weighted by molar-refractivity contribution is -0.115. The Hall–Kier alpha value is -1.00. The molecule has 0 radical (unpaired) electrons. The van der Waals surface area contributed by atoms with Gasteiger partial charge in [0.2, 0.25) is 5.91 Å². The van der Waals surface area contributed by atoms with Crippen molar-refractivity contribution in [3.05, 3.63) is 23.8 Å². The molecule has 1 heterocycles. The topological polar surface area (TPSA) is 49.3 Å². The van der Waals surface area contributed by atoms with Crippen molar-refractivity contribution in [2.24, 2.45) is 0 Å². The molecule has 3 rings (SSSR count). The fraction of sp³-hybridized carbons (Fsp3) is 0.462. The normalized spacial score (nSPS) is 25.1. The van der Waals surface area contributed by atoms with Crippen LogP contribution in [0.5, 0.6) is 0 Å². The summed E-state index contributed by atoms with van der Waals surface area (Å²) in [4.78, 5) is 12.7. The summed E-state index contributed by atoms with van der Waals surface area (Å²) in [6, 6.07) is 6.11. The van der Waals surface area contributed by atoms with Crippen molar-refractivity contribution >= 4 is 23.4 Å². The van der Waals surface area contributed by atoms with E-state index in [1.54, 1.807) is 11.8 Å². The van der Waals surface area contributed by atoms with Crippen LogP contribution in [-0.2, 0) is 10.2 Å². The summed E-state index contributed by atoms with van der Waals surface area (Å²) in [5, 5.41) is 12.3. The lowest BCUT2D eigenvalue weighted by Crippen LogP contribution is -2.26. The molecule has 2 aliphatic rings. The van der Waals surface area contributed by atoms with Crippen LogP contribution in [0.3, 0.4) is 0 Å². The summed E-state index contributed by atoms with van der Waals surface area (Å²) in [5.74, 6) is 0.0681. The van der Waals surface area contributed by atoms with Gasteiger partial charge in [0, 0.05) is 10.3 Å². The molecule has 0 saturated heterocycles. The quantitative estimate of drug-likeness (QED) is 0.844. The van der Waals surface area contributed by atoms with Crippen molar-refractivity contribution < 1.29 is 9.90 Å². The predicted octanol–water partition coefficient (Wildman–Crippen LogP) is 2.14. The lowest BCUT2D eigenvalue weighted by atomic mass is 9.97. The number of carbonyl (C=O) groups excluding carboxylic acids is 1. The van der Waals surface area contributed by atoms with Crippen molar-refractivity contribution in [2.75, 3.05) is 11.9 Å². The number of hydrogen-bond acceptors (Lipinski definition) is 3. The van der Waals surface area contributed by atoms with E-state index >= 15 is 0 Å². The average Bonchev–Trinajstić information content (AvgIpc) is 3.11. The molecule has 4 heteroatoms. The molecule has 1 unspecified atom stereocenters. The van der Waals surface area contributed by atoms with Crippen LogP contribution >= 0.6 is 11.8 Å². The maximum Gasteiger partial charge on any atom is 0.237 e. The number of fused-ring (bicyclic) bond motifs is 1. The molecule has 0 spiro atoms. The van der Waals surface area contributed by atoms with E-state index in [1.165, 1.54) is 5.56 Å². The zero-order valence-electron chi connectivity index (χ0n) is 9.69. The van der Waals surface area contributed by atoms with Gasteiger partial charge in [-0.15, -0.1) is 11.8 Å². The number of anilines is 1. The number of aliphatic hydroxyl groups excluding tert-OH is 1. The Bertz CT molecular complexity index is 482. The Morgan fingerprint density at radius 2 is 2.29 bits per heavy atom. The number of aliphatic hydroxyl groups is 1. The fourth-order valence-corrected chi connectivity index (χ4v) is 3.21. The number of carbonyl (C=O) groups is 1. The van der Waals surface area contributed by atoms with E-state index < -0.39 is 0 Å². The van der Waals surface area contributed by atoms with Crippen LogP contribution in [0.15, 0.2) is 23.1 Å². The zero-order chi connectivity index (χ0) is 12.0. The molecule has 1 aliphatic heterocycles. The number of rotatable bonds is 2. The van der Waals surface area contributed by atoms with Crippen LogP contribution in [0, 0.1) is 0 Å². The highest BCUT2D eigenvalue weighted by molar-refractivity contribution is 8.00. The van der Waals surface area contributed by atoms with Crippen molar-refractivity contribution in [2.45, 2.75) is 35.3 Å². The molecule has 17 heavy (non-hydrogen) atoms. The minimum atomic E-state index is -0.0398. The molecule has 1 aromatic rings. The maximum atomic E-state index is 11.5. The van der Waals surface area contributed by atoms with Gasteiger partial charge in [-0.2, -0.15) is 0 Å². The van der Waals surface area contributed by atoms with Crippen LogP contribution in [0.25, 0.3) is 0 Å². The van der Waals surface area contributed by atoms with Gasteiger partial charge in [0.25, 0.3) is 0 Å². The first-order valence-corrected chi connectivity index (χ1v) is 6.75. The highest BCUT2D eigenvalue weighted by Crippen LogP contribution is 2.49. The standard InChI is InChI=1S/C13H15NO2S/c1-8-12(16)14-10-3-2-9(6-11(10)17-8)13(7-15)4-5-13/h2-3,6,8,15H,4-5,7H2,1H3,(H,14,16). The second kappa shape index (κ2) is 3.75. The third-order valence-electron chi connectivity index (χ3n) is 3.68. The van der Waals surface area contributed by atoms with Gasteiger partial charge in [0.05, 0.1) is 17.5 Å². The number of hydrogen-bond donors (Lipinski definition) is 2. The summed E-state index contributed by atoms with van der Waals surface area (Å²) in [7, 11) is 0. The largest absolute Gasteiger partial charge is 0.395 e. The second-order valence-corrected chi connectivity index (χ2v) is 6.28. The SMILES string of the molecule is CC1Sc2cc(C3(CO)CC3)ccc2NC1=O. The summed E-state index contributed by atoms with van der Waals surface area (Å²) >= 11 is 1.59. The first kappa shape index (κ1) is 11.1. The highest BCUT2D eigenvalue weighted by Gasteiger charge is 2.44. The second-order valence-electron chi connectivity index (χ2n) is 4.90. The van der Waals surface area contributed by atoms with Gasteiger partial charge < -0.3 is 10.4 Å². The first-order valence-electron chi connectivity index (χ1n) is 5.87. The summed E-state index contributed by atoms with van der Waals surface area (Å²) in [5.41, 5.74) is 2.10. The molecule has 1 fully saturated rings. The molecule has 1 atom stereocenters. The highest BCUT2D eigenvalue weighted by atomic mass is 32.2. The number of benzene rings is 1.